The minimum absolute atomic E-state index is 0.0186. The van der Waals surface area contributed by atoms with E-state index in [0.717, 1.165) is 6.26 Å². The molecule has 0 radical (unpaired) electrons. The summed E-state index contributed by atoms with van der Waals surface area (Å²) in [6, 6.07) is 0. The first-order chi connectivity index (χ1) is 6.12. The molecule has 5 nitrogen and oxygen atoms in total. The Hall–Kier alpha value is -0.170. The quantitative estimate of drug-likeness (QED) is 0.653. The van der Waals surface area contributed by atoms with E-state index in [9.17, 15) is 8.42 Å². The summed E-state index contributed by atoms with van der Waals surface area (Å²) in [6.45, 7) is 5.62. The standard InChI is InChI=1S/C8H16O5S/c1-7(2)11-5-8(3,13-7)6-12-14(4,9)10/h5-6H2,1-4H3/t8-/m0/s1. The predicted molar refractivity (Wildman–Crippen MR) is 50.3 cm³/mol. The van der Waals surface area contributed by atoms with Crippen LogP contribution in [0, 0.1) is 0 Å². The molecular weight excluding hydrogens is 208 g/mol. The Morgan fingerprint density at radius 1 is 1.36 bits per heavy atom. The van der Waals surface area contributed by atoms with Crippen LogP contribution in [0.25, 0.3) is 0 Å². The van der Waals surface area contributed by atoms with Crippen LogP contribution in [0.2, 0.25) is 0 Å². The van der Waals surface area contributed by atoms with E-state index in [1.165, 1.54) is 0 Å². The lowest BCUT2D eigenvalue weighted by Gasteiger charge is -2.24. The van der Waals surface area contributed by atoms with Crippen LogP contribution in [0.5, 0.6) is 0 Å². The third-order valence-corrected chi connectivity index (χ3v) is 2.34. The van der Waals surface area contributed by atoms with Gasteiger partial charge in [-0.2, -0.15) is 8.42 Å². The second-order valence-corrected chi connectivity index (χ2v) is 5.85. The third-order valence-electron chi connectivity index (χ3n) is 1.80. The van der Waals surface area contributed by atoms with Crippen LogP contribution < -0.4 is 0 Å². The van der Waals surface area contributed by atoms with Crippen molar-refractivity contribution >= 4 is 10.1 Å². The van der Waals surface area contributed by atoms with E-state index in [1.807, 2.05) is 0 Å². The topological polar surface area (TPSA) is 61.8 Å². The summed E-state index contributed by atoms with van der Waals surface area (Å²) in [6.07, 6.45) is 1.01. The van der Waals surface area contributed by atoms with Crippen LogP contribution in [0.3, 0.4) is 0 Å². The summed E-state index contributed by atoms with van der Waals surface area (Å²) >= 11 is 0. The van der Waals surface area contributed by atoms with Crippen LogP contribution >= 0.6 is 0 Å². The van der Waals surface area contributed by atoms with Crippen molar-refractivity contribution in [3.63, 3.8) is 0 Å². The van der Waals surface area contributed by atoms with Crippen LogP contribution in [-0.4, -0.2) is 39.3 Å². The summed E-state index contributed by atoms with van der Waals surface area (Å²) in [5, 5.41) is 0. The molecule has 0 spiro atoms. The second kappa shape index (κ2) is 3.44. The predicted octanol–water partition coefficient (Wildman–Crippen LogP) is 0.504. The van der Waals surface area contributed by atoms with Crippen LogP contribution in [0.1, 0.15) is 20.8 Å². The summed E-state index contributed by atoms with van der Waals surface area (Å²) in [4.78, 5) is 0. The third kappa shape index (κ3) is 3.53. The van der Waals surface area contributed by atoms with Crippen LogP contribution in [0.4, 0.5) is 0 Å². The van der Waals surface area contributed by atoms with Crippen molar-refractivity contribution in [2.75, 3.05) is 19.5 Å². The molecule has 84 valence electrons. The maximum absolute atomic E-state index is 10.8. The minimum atomic E-state index is -3.42. The molecule has 1 heterocycles. The van der Waals surface area contributed by atoms with Crippen LogP contribution in [-0.2, 0) is 23.8 Å². The summed E-state index contributed by atoms with van der Waals surface area (Å²) < 4.78 is 37.1. The second-order valence-electron chi connectivity index (χ2n) is 4.21. The highest BCUT2D eigenvalue weighted by molar-refractivity contribution is 7.85. The number of rotatable bonds is 3. The fourth-order valence-electron chi connectivity index (χ4n) is 1.28. The monoisotopic (exact) mass is 224 g/mol. The van der Waals surface area contributed by atoms with E-state index < -0.39 is 21.5 Å². The van der Waals surface area contributed by atoms with Crippen molar-refractivity contribution in [3.8, 4) is 0 Å². The average Bonchev–Trinajstić information content (AvgIpc) is 2.22. The van der Waals surface area contributed by atoms with Gasteiger partial charge in [-0.25, -0.2) is 0 Å². The first-order valence-corrected chi connectivity index (χ1v) is 6.12. The van der Waals surface area contributed by atoms with Crippen molar-refractivity contribution in [3.05, 3.63) is 0 Å². The highest BCUT2D eigenvalue weighted by Crippen LogP contribution is 2.30. The molecule has 0 aromatic rings. The molecule has 0 aliphatic carbocycles. The lowest BCUT2D eigenvalue weighted by Crippen LogP contribution is -2.36. The maximum atomic E-state index is 10.8. The summed E-state index contributed by atoms with van der Waals surface area (Å²) in [5.41, 5.74) is -0.688. The van der Waals surface area contributed by atoms with Gasteiger partial charge < -0.3 is 9.47 Å². The van der Waals surface area contributed by atoms with Gasteiger partial charge in [0.15, 0.2) is 5.79 Å². The van der Waals surface area contributed by atoms with Gasteiger partial charge >= 0.3 is 0 Å². The Morgan fingerprint density at radius 2 is 1.93 bits per heavy atom. The molecular formula is C8H16O5S. The zero-order valence-electron chi connectivity index (χ0n) is 8.86. The SMILES string of the molecule is CC1(C)OC[C@@](C)(COS(C)(=O)=O)O1. The molecule has 0 aromatic heterocycles. The van der Waals surface area contributed by atoms with Crippen LogP contribution in [0.15, 0.2) is 0 Å². The Bertz CT molecular complexity index is 308. The Labute approximate surface area is 84.5 Å². The summed E-state index contributed by atoms with van der Waals surface area (Å²) in [5.74, 6) is -0.671. The highest BCUT2D eigenvalue weighted by Gasteiger charge is 2.42. The largest absolute Gasteiger partial charge is 0.347 e. The van der Waals surface area contributed by atoms with Gasteiger partial charge in [-0.1, -0.05) is 0 Å². The molecule has 0 unspecified atom stereocenters. The lowest BCUT2D eigenvalue weighted by atomic mass is 10.1. The maximum Gasteiger partial charge on any atom is 0.264 e. The molecule has 1 fully saturated rings. The first kappa shape index (κ1) is 11.9. The Kier molecular flexibility index (Phi) is 2.93. The van der Waals surface area contributed by atoms with Crippen molar-refractivity contribution in [1.29, 1.82) is 0 Å². The van der Waals surface area contributed by atoms with E-state index in [4.69, 9.17) is 9.47 Å². The van der Waals surface area contributed by atoms with Gasteiger partial charge in [0.05, 0.1) is 19.5 Å². The molecule has 6 heteroatoms. The molecule has 1 rings (SSSR count). The van der Waals surface area contributed by atoms with Gasteiger partial charge in [0, 0.05) is 0 Å². The molecule has 0 saturated carbocycles. The van der Waals surface area contributed by atoms with E-state index >= 15 is 0 Å². The van der Waals surface area contributed by atoms with E-state index in [1.54, 1.807) is 20.8 Å². The molecule has 0 aromatic carbocycles. The van der Waals surface area contributed by atoms with E-state index in [2.05, 4.69) is 4.18 Å². The Balaban J connectivity index is 2.54. The fraction of sp³-hybridized carbons (Fsp3) is 1.00. The van der Waals surface area contributed by atoms with Crippen molar-refractivity contribution in [2.24, 2.45) is 0 Å². The molecule has 0 N–H and O–H groups in total. The Morgan fingerprint density at radius 3 is 2.29 bits per heavy atom. The van der Waals surface area contributed by atoms with E-state index in [-0.39, 0.29) is 6.61 Å². The fourth-order valence-corrected chi connectivity index (χ4v) is 1.74. The normalized spacial score (nSPS) is 32.0. The molecule has 1 aliphatic heterocycles. The molecule has 14 heavy (non-hydrogen) atoms. The molecule has 1 atom stereocenters. The van der Waals surface area contributed by atoms with Crippen molar-refractivity contribution in [1.82, 2.24) is 0 Å². The zero-order chi connectivity index (χ0) is 11.0. The smallest absolute Gasteiger partial charge is 0.264 e. The molecule has 0 bridgehead atoms. The highest BCUT2D eigenvalue weighted by atomic mass is 32.2. The van der Waals surface area contributed by atoms with Crippen molar-refractivity contribution < 1.29 is 22.1 Å². The zero-order valence-corrected chi connectivity index (χ0v) is 9.68. The minimum Gasteiger partial charge on any atom is -0.347 e. The molecule has 1 aliphatic rings. The van der Waals surface area contributed by atoms with Gasteiger partial charge in [-0.05, 0) is 20.8 Å². The van der Waals surface area contributed by atoms with Gasteiger partial charge in [-0.3, -0.25) is 4.18 Å². The van der Waals surface area contributed by atoms with Gasteiger partial charge in [0.1, 0.15) is 5.60 Å². The van der Waals surface area contributed by atoms with E-state index in [0.29, 0.717) is 6.61 Å². The number of hydrogen-bond donors (Lipinski definition) is 0. The van der Waals surface area contributed by atoms with Gasteiger partial charge in [-0.15, -0.1) is 0 Å². The average molecular weight is 224 g/mol. The van der Waals surface area contributed by atoms with Gasteiger partial charge in [0.2, 0.25) is 0 Å². The number of ether oxygens (including phenoxy) is 2. The number of hydrogen-bond acceptors (Lipinski definition) is 5. The molecule has 1 saturated heterocycles. The first-order valence-electron chi connectivity index (χ1n) is 4.31. The van der Waals surface area contributed by atoms with Gasteiger partial charge in [0.25, 0.3) is 10.1 Å². The summed E-state index contributed by atoms with van der Waals surface area (Å²) in [7, 11) is -3.42. The molecule has 0 amide bonds. The van der Waals surface area contributed by atoms with Crippen molar-refractivity contribution in [2.45, 2.75) is 32.2 Å². The lowest BCUT2D eigenvalue weighted by molar-refractivity contribution is -0.162.